The molecule has 9 heavy (non-hydrogen) atoms. The van der Waals surface area contributed by atoms with Gasteiger partial charge in [0.25, 0.3) is 0 Å². The van der Waals surface area contributed by atoms with Crippen LogP contribution in [0.2, 0.25) is 0 Å². The van der Waals surface area contributed by atoms with Gasteiger partial charge in [0.15, 0.2) is 0 Å². The summed E-state index contributed by atoms with van der Waals surface area (Å²) in [6.45, 7) is 3.18. The van der Waals surface area contributed by atoms with Crippen molar-refractivity contribution in [1.29, 1.82) is 0 Å². The largest absolute Gasteiger partial charge is 0.458 e. The van der Waals surface area contributed by atoms with Crippen LogP contribution in [0.15, 0.2) is 0 Å². The number of fused-ring (bicyclic) bond motifs is 1. The summed E-state index contributed by atoms with van der Waals surface area (Å²) in [7, 11) is 3.89. The molecule has 2 atom stereocenters. The van der Waals surface area contributed by atoms with Crippen LogP contribution in [0.4, 0.5) is 0 Å². The third-order valence-electron chi connectivity index (χ3n) is 2.78. The molecule has 0 aromatic heterocycles. The highest BCUT2D eigenvalue weighted by molar-refractivity contribution is 5.10. The maximum atomic E-state index is 5.62. The Kier molecular flexibility index (Phi) is 0.945. The van der Waals surface area contributed by atoms with Crippen LogP contribution in [0.1, 0.15) is 6.42 Å². The molecule has 1 aliphatic carbocycles. The minimum atomic E-state index is 0.516. The van der Waals surface area contributed by atoms with Crippen molar-refractivity contribution >= 4 is 0 Å². The van der Waals surface area contributed by atoms with Crippen molar-refractivity contribution in [3.63, 3.8) is 0 Å². The molecule has 0 radical (unpaired) electrons. The Bertz CT molecular complexity index is 131. The predicted octanol–water partition coefficient (Wildman–Crippen LogP) is 0.0586. The van der Waals surface area contributed by atoms with E-state index in [1.165, 1.54) is 13.0 Å². The van der Waals surface area contributed by atoms with Gasteiger partial charge in [0, 0.05) is 0 Å². The summed E-state index contributed by atoms with van der Waals surface area (Å²) in [5.74, 6) is 0.889. The highest BCUT2D eigenvalue weighted by Crippen LogP contribution is 2.56. The first kappa shape index (κ1) is 5.69. The zero-order valence-corrected chi connectivity index (χ0v) is 5.64. The first-order valence-electron chi connectivity index (χ1n) is 3.52. The lowest BCUT2D eigenvalue weighted by Gasteiger charge is -2.21. The van der Waals surface area contributed by atoms with Gasteiger partial charge < -0.3 is 10.6 Å². The Balaban J connectivity index is 2.05. The fourth-order valence-electron chi connectivity index (χ4n) is 2.02. The molecule has 2 N–H and O–H groups in total. The summed E-state index contributed by atoms with van der Waals surface area (Å²) in [6.07, 6.45) is 1.36. The van der Waals surface area contributed by atoms with E-state index in [9.17, 15) is 0 Å². The van der Waals surface area contributed by atoms with Gasteiger partial charge in [-0.25, -0.2) is 0 Å². The SMILES string of the molecule is [CH2-]N1C[C@H]2C[C@@]2(CN)C1. The van der Waals surface area contributed by atoms with Crippen molar-refractivity contribution in [2.24, 2.45) is 17.1 Å². The zero-order chi connectivity index (χ0) is 6.48. The van der Waals surface area contributed by atoms with Crippen LogP contribution in [-0.2, 0) is 0 Å². The highest BCUT2D eigenvalue weighted by atomic mass is 15.2. The molecular formula is C7H13N2-. The molecule has 2 aliphatic rings. The van der Waals surface area contributed by atoms with Crippen molar-refractivity contribution < 1.29 is 0 Å². The molecular weight excluding hydrogens is 112 g/mol. The summed E-state index contributed by atoms with van der Waals surface area (Å²) < 4.78 is 0. The first-order chi connectivity index (χ1) is 4.27. The fourth-order valence-corrected chi connectivity index (χ4v) is 2.02. The number of hydrogen-bond donors (Lipinski definition) is 1. The van der Waals surface area contributed by atoms with E-state index in [-0.39, 0.29) is 0 Å². The van der Waals surface area contributed by atoms with E-state index in [4.69, 9.17) is 5.73 Å². The normalized spacial score (nSPS) is 49.3. The van der Waals surface area contributed by atoms with Crippen molar-refractivity contribution in [1.82, 2.24) is 4.90 Å². The summed E-state index contributed by atoms with van der Waals surface area (Å²) in [6, 6.07) is 0. The Labute approximate surface area is 56.0 Å². The third kappa shape index (κ3) is 0.634. The van der Waals surface area contributed by atoms with Gasteiger partial charge in [-0.1, -0.05) is 0 Å². The monoisotopic (exact) mass is 125 g/mol. The van der Waals surface area contributed by atoms with Gasteiger partial charge in [-0.05, 0) is 37.4 Å². The van der Waals surface area contributed by atoms with E-state index in [1.54, 1.807) is 0 Å². The number of hydrogen-bond acceptors (Lipinski definition) is 2. The first-order valence-corrected chi connectivity index (χ1v) is 3.52. The second-order valence-electron chi connectivity index (χ2n) is 3.48. The minimum Gasteiger partial charge on any atom is -0.458 e. The fraction of sp³-hybridized carbons (Fsp3) is 0.857. The van der Waals surface area contributed by atoms with Crippen LogP contribution in [0, 0.1) is 18.4 Å². The lowest BCUT2D eigenvalue weighted by atomic mass is 10.1. The van der Waals surface area contributed by atoms with Gasteiger partial charge in [0.05, 0.1) is 0 Å². The number of rotatable bonds is 1. The Hall–Kier alpha value is -0.0800. The molecule has 0 aromatic rings. The van der Waals surface area contributed by atoms with Crippen LogP contribution < -0.4 is 5.73 Å². The summed E-state index contributed by atoms with van der Waals surface area (Å²) >= 11 is 0. The van der Waals surface area contributed by atoms with E-state index < -0.39 is 0 Å². The molecule has 2 rings (SSSR count). The molecule has 1 saturated carbocycles. The van der Waals surface area contributed by atoms with Crippen molar-refractivity contribution in [2.75, 3.05) is 19.6 Å². The smallest absolute Gasteiger partial charge is 0.000592 e. The number of nitrogens with zero attached hydrogens (tertiary/aromatic N) is 1. The van der Waals surface area contributed by atoms with Crippen LogP contribution in [-0.4, -0.2) is 24.5 Å². The number of likely N-dealkylation sites (tertiary alicyclic amines) is 1. The summed E-state index contributed by atoms with van der Waals surface area (Å²) in [4.78, 5) is 2.14. The molecule has 0 unspecified atom stereocenters. The van der Waals surface area contributed by atoms with Crippen molar-refractivity contribution in [3.8, 4) is 0 Å². The highest BCUT2D eigenvalue weighted by Gasteiger charge is 2.56. The molecule has 0 amide bonds. The minimum absolute atomic E-state index is 0.516. The van der Waals surface area contributed by atoms with Crippen LogP contribution in [0.5, 0.6) is 0 Å². The van der Waals surface area contributed by atoms with Gasteiger partial charge in [-0.3, -0.25) is 7.05 Å². The van der Waals surface area contributed by atoms with E-state index in [0.29, 0.717) is 5.41 Å². The van der Waals surface area contributed by atoms with Crippen molar-refractivity contribution in [3.05, 3.63) is 7.05 Å². The van der Waals surface area contributed by atoms with Crippen LogP contribution >= 0.6 is 0 Å². The molecule has 52 valence electrons. The zero-order valence-electron chi connectivity index (χ0n) is 5.64. The Morgan fingerprint density at radius 3 is 2.89 bits per heavy atom. The average Bonchev–Trinajstić information content (AvgIpc) is 2.38. The van der Waals surface area contributed by atoms with E-state index in [2.05, 4.69) is 11.9 Å². The standard InChI is InChI=1S/C7H13N2/c1-9-3-6-2-7(6,4-8)5-9/h6H,1-5,8H2/q-1/t6-,7-/m1/s1. The topological polar surface area (TPSA) is 29.3 Å². The van der Waals surface area contributed by atoms with E-state index in [0.717, 1.165) is 19.0 Å². The molecule has 1 aliphatic heterocycles. The Morgan fingerprint density at radius 1 is 1.78 bits per heavy atom. The maximum absolute atomic E-state index is 5.62. The molecule has 2 heteroatoms. The Morgan fingerprint density at radius 2 is 2.56 bits per heavy atom. The average molecular weight is 125 g/mol. The van der Waals surface area contributed by atoms with Crippen LogP contribution in [0.3, 0.4) is 0 Å². The maximum Gasteiger partial charge on any atom is -0.000592 e. The lowest BCUT2D eigenvalue weighted by molar-refractivity contribution is 0.370. The summed E-state index contributed by atoms with van der Waals surface area (Å²) in [5.41, 5.74) is 6.13. The number of piperidine rings is 1. The molecule has 0 bridgehead atoms. The van der Waals surface area contributed by atoms with Gasteiger partial charge in [-0.15, -0.1) is 0 Å². The predicted molar refractivity (Wildman–Crippen MR) is 36.5 cm³/mol. The van der Waals surface area contributed by atoms with Gasteiger partial charge in [-0.2, -0.15) is 0 Å². The lowest BCUT2D eigenvalue weighted by Crippen LogP contribution is -2.23. The van der Waals surface area contributed by atoms with Gasteiger partial charge >= 0.3 is 0 Å². The molecule has 1 heterocycles. The second-order valence-corrected chi connectivity index (χ2v) is 3.48. The van der Waals surface area contributed by atoms with Crippen LogP contribution in [0.25, 0.3) is 0 Å². The number of nitrogens with two attached hydrogens (primary N) is 1. The van der Waals surface area contributed by atoms with E-state index >= 15 is 0 Å². The molecule has 2 fully saturated rings. The van der Waals surface area contributed by atoms with Gasteiger partial charge in [0.1, 0.15) is 0 Å². The van der Waals surface area contributed by atoms with Crippen molar-refractivity contribution in [2.45, 2.75) is 6.42 Å². The summed E-state index contributed by atoms with van der Waals surface area (Å²) in [5, 5.41) is 0. The van der Waals surface area contributed by atoms with E-state index in [1.807, 2.05) is 0 Å². The molecule has 2 nitrogen and oxygen atoms in total. The van der Waals surface area contributed by atoms with Gasteiger partial charge in [0.2, 0.25) is 0 Å². The quantitative estimate of drug-likeness (QED) is 0.502. The molecule has 0 spiro atoms. The third-order valence-corrected chi connectivity index (χ3v) is 2.78. The molecule has 0 aromatic carbocycles. The molecule has 1 saturated heterocycles. The second kappa shape index (κ2) is 1.50.